The Kier molecular flexibility index (Phi) is 3.15. The number of amides is 4. The fourth-order valence-electron chi connectivity index (χ4n) is 0.369. The summed E-state index contributed by atoms with van der Waals surface area (Å²) in [5.41, 5.74) is 17.9. The lowest BCUT2D eigenvalue weighted by molar-refractivity contribution is 0.163. The maximum absolute atomic E-state index is 10.4. The molecule has 0 bridgehead atoms. The topological polar surface area (TPSA) is 163 Å². The Morgan fingerprint density at radius 2 is 1.67 bits per heavy atom. The lowest BCUT2D eigenvalue weighted by Gasteiger charge is -2.19. The van der Waals surface area contributed by atoms with Crippen molar-refractivity contribution < 1.29 is 9.59 Å². The number of hydrazine groups is 2. The number of hydrogen-bond acceptors (Lipinski definition) is 3. The van der Waals surface area contributed by atoms with E-state index in [1.165, 1.54) is 0 Å². The van der Waals surface area contributed by atoms with Crippen molar-refractivity contribution in [3.05, 3.63) is 0 Å². The monoisotopic (exact) mass is 175 g/mol. The molecule has 12 heavy (non-hydrogen) atoms. The highest BCUT2D eigenvalue weighted by Gasteiger charge is 2.10. The number of primary amides is 2. The number of carbonyl (C=O) groups is 2. The summed E-state index contributed by atoms with van der Waals surface area (Å²) >= 11 is 0. The first-order valence-electron chi connectivity index (χ1n) is 2.70. The molecule has 0 aromatic carbocycles. The highest BCUT2D eigenvalue weighted by molar-refractivity contribution is 5.82. The number of hydrogen-bond donors (Lipinski definition) is 6. The van der Waals surface area contributed by atoms with Crippen LogP contribution in [0, 0.1) is 5.41 Å². The minimum Gasteiger partial charge on any atom is -0.369 e. The largest absolute Gasteiger partial charge is 0.369 e. The highest BCUT2D eigenvalue weighted by Crippen LogP contribution is 1.72. The Bertz CT molecular complexity index is 197. The molecule has 0 aromatic heterocycles. The van der Waals surface area contributed by atoms with E-state index in [4.69, 9.17) is 16.9 Å². The molecule has 0 heterocycles. The second-order valence-electron chi connectivity index (χ2n) is 1.68. The Labute approximate surface area is 67.3 Å². The molecule has 0 saturated heterocycles. The van der Waals surface area contributed by atoms with Crippen molar-refractivity contribution in [3.8, 4) is 0 Å². The summed E-state index contributed by atoms with van der Waals surface area (Å²) in [6, 6.07) is -2.06. The molecular weight excluding hydrogens is 166 g/mol. The molecule has 0 aliphatic carbocycles. The first-order valence-corrected chi connectivity index (χ1v) is 2.70. The molecule has 0 aliphatic heterocycles. The predicted molar refractivity (Wildman–Crippen MR) is 39.2 cm³/mol. The average molecular weight is 175 g/mol. The van der Waals surface area contributed by atoms with E-state index in [9.17, 15) is 9.59 Å². The van der Waals surface area contributed by atoms with Crippen molar-refractivity contribution in [2.75, 3.05) is 0 Å². The van der Waals surface area contributed by atoms with E-state index in [0.29, 0.717) is 5.12 Å². The zero-order valence-electron chi connectivity index (χ0n) is 6.00. The van der Waals surface area contributed by atoms with Gasteiger partial charge in [0.05, 0.1) is 0 Å². The van der Waals surface area contributed by atoms with E-state index in [1.54, 1.807) is 5.43 Å². The summed E-state index contributed by atoms with van der Waals surface area (Å²) in [5, 5.41) is 7.07. The molecule has 0 spiro atoms. The molecule has 0 unspecified atom stereocenters. The molecule has 0 fully saturated rings. The summed E-state index contributed by atoms with van der Waals surface area (Å²) < 4.78 is 0. The van der Waals surface area contributed by atoms with E-state index >= 15 is 0 Å². The van der Waals surface area contributed by atoms with E-state index in [0.717, 1.165) is 0 Å². The fraction of sp³-hybridized carbons (Fsp3) is 0. The minimum absolute atomic E-state index is 0.380. The van der Waals surface area contributed by atoms with Crippen molar-refractivity contribution >= 4 is 18.0 Å². The third-order valence-electron chi connectivity index (χ3n) is 0.675. The van der Waals surface area contributed by atoms with Crippen LogP contribution in [0.25, 0.3) is 0 Å². The summed E-state index contributed by atoms with van der Waals surface area (Å²) in [6.45, 7) is 0. The second kappa shape index (κ2) is 3.85. The van der Waals surface area contributed by atoms with Crippen molar-refractivity contribution in [1.29, 1.82) is 5.41 Å². The van der Waals surface area contributed by atoms with Crippen LogP contribution in [0.4, 0.5) is 9.59 Å². The maximum Gasteiger partial charge on any atom is 0.353 e. The normalized spacial score (nSPS) is 8.33. The van der Waals surface area contributed by atoms with Crippen molar-refractivity contribution in [2.24, 2.45) is 17.2 Å². The van der Waals surface area contributed by atoms with Crippen LogP contribution < -0.4 is 28.1 Å². The van der Waals surface area contributed by atoms with Crippen LogP contribution in [-0.4, -0.2) is 23.1 Å². The molecule has 9 N–H and O–H groups in total. The van der Waals surface area contributed by atoms with Crippen LogP contribution >= 0.6 is 0 Å². The molecule has 0 saturated carbocycles. The maximum atomic E-state index is 10.4. The van der Waals surface area contributed by atoms with Gasteiger partial charge in [-0.3, -0.25) is 5.41 Å². The summed E-state index contributed by atoms with van der Waals surface area (Å²) in [5.74, 6) is -0.567. The molecule has 0 rings (SSSR count). The Morgan fingerprint density at radius 1 is 1.17 bits per heavy atom. The highest BCUT2D eigenvalue weighted by atomic mass is 16.2. The molecule has 4 amide bonds. The molecule has 68 valence electrons. The number of nitrogens with two attached hydrogens (primary N) is 3. The minimum atomic E-state index is -1.05. The zero-order valence-corrected chi connectivity index (χ0v) is 6.00. The smallest absolute Gasteiger partial charge is 0.353 e. The molecule has 0 radical (unpaired) electrons. The number of nitrogens with zero attached hydrogens (tertiary/aromatic N) is 1. The van der Waals surface area contributed by atoms with Gasteiger partial charge in [0.25, 0.3) is 0 Å². The van der Waals surface area contributed by atoms with Crippen LogP contribution in [0.1, 0.15) is 0 Å². The van der Waals surface area contributed by atoms with Crippen LogP contribution in [0.5, 0.6) is 0 Å². The molecule has 0 aliphatic rings. The van der Waals surface area contributed by atoms with Gasteiger partial charge in [-0.25, -0.2) is 20.4 Å². The third kappa shape index (κ3) is 3.76. The standard InChI is InChI=1S/C3H9N7O2/c4-1(5)8-10(3(7)12)9-2(6)11/h(H2,7,12)(H4,4,5,8)(H3,6,9,11). The van der Waals surface area contributed by atoms with E-state index in [2.05, 4.69) is 5.73 Å². The lowest BCUT2D eigenvalue weighted by Crippen LogP contribution is -2.60. The van der Waals surface area contributed by atoms with Gasteiger partial charge in [-0.05, 0) is 0 Å². The SMILES string of the molecule is N=C(N)NN(NC(N)=O)C(N)=O. The quantitative estimate of drug-likeness (QED) is 0.134. The second-order valence-corrected chi connectivity index (χ2v) is 1.68. The Balaban J connectivity index is 4.14. The van der Waals surface area contributed by atoms with Gasteiger partial charge in [-0.15, -0.1) is 5.12 Å². The van der Waals surface area contributed by atoms with Gasteiger partial charge < -0.3 is 17.2 Å². The van der Waals surface area contributed by atoms with Gasteiger partial charge in [0.1, 0.15) is 0 Å². The number of urea groups is 2. The van der Waals surface area contributed by atoms with Crippen LogP contribution in [0.2, 0.25) is 0 Å². The zero-order chi connectivity index (χ0) is 9.72. The summed E-state index contributed by atoms with van der Waals surface area (Å²) in [7, 11) is 0. The third-order valence-corrected chi connectivity index (χ3v) is 0.675. The van der Waals surface area contributed by atoms with Crippen LogP contribution in [0.15, 0.2) is 0 Å². The average Bonchev–Trinajstić information content (AvgIpc) is 1.83. The van der Waals surface area contributed by atoms with Gasteiger partial charge in [0.15, 0.2) is 0 Å². The van der Waals surface area contributed by atoms with Crippen molar-refractivity contribution in [1.82, 2.24) is 16.0 Å². The molecule has 9 nitrogen and oxygen atoms in total. The summed E-state index contributed by atoms with van der Waals surface area (Å²) in [6.07, 6.45) is 0. The van der Waals surface area contributed by atoms with Crippen LogP contribution in [0.3, 0.4) is 0 Å². The van der Waals surface area contributed by atoms with Crippen molar-refractivity contribution in [3.63, 3.8) is 0 Å². The van der Waals surface area contributed by atoms with Gasteiger partial charge in [0, 0.05) is 0 Å². The molecule has 0 atom stereocenters. The molecular formula is C3H9N7O2. The molecule has 0 aromatic rings. The Hall–Kier alpha value is -2.19. The first kappa shape index (κ1) is 9.81. The predicted octanol–water partition coefficient (Wildman–Crippen LogP) is -2.65. The lowest BCUT2D eigenvalue weighted by atomic mass is 11.0. The summed E-state index contributed by atoms with van der Waals surface area (Å²) in [4.78, 5) is 20.6. The van der Waals surface area contributed by atoms with Crippen molar-refractivity contribution in [2.45, 2.75) is 0 Å². The number of guanidine groups is 1. The van der Waals surface area contributed by atoms with Gasteiger partial charge in [-0.2, -0.15) is 0 Å². The fourth-order valence-corrected chi connectivity index (χ4v) is 0.369. The number of rotatable bonds is 0. The van der Waals surface area contributed by atoms with E-state index < -0.39 is 18.0 Å². The van der Waals surface area contributed by atoms with Gasteiger partial charge in [-0.1, -0.05) is 0 Å². The van der Waals surface area contributed by atoms with E-state index in [1.807, 2.05) is 5.43 Å². The Morgan fingerprint density at radius 3 is 1.92 bits per heavy atom. The number of carbonyl (C=O) groups excluding carboxylic acids is 2. The first-order chi connectivity index (χ1) is 5.43. The van der Waals surface area contributed by atoms with Crippen LogP contribution in [-0.2, 0) is 0 Å². The van der Waals surface area contributed by atoms with Gasteiger partial charge in [0.2, 0.25) is 5.96 Å². The van der Waals surface area contributed by atoms with E-state index in [-0.39, 0.29) is 0 Å². The van der Waals surface area contributed by atoms with Gasteiger partial charge >= 0.3 is 12.1 Å². The molecule has 9 heteroatoms. The number of nitrogens with one attached hydrogen (secondary N) is 3.